The standard InChI is InChI=1S/C13H10ClF3N2O3/c1-19-11(22-8-5-3-4-7(14)6-8)9(12(20)21-2)10(18-19)13(15,16)17/h3-6H,1-2H3. The first kappa shape index (κ1) is 16.2. The smallest absolute Gasteiger partial charge is 0.436 e. The van der Waals surface area contributed by atoms with E-state index in [-0.39, 0.29) is 11.6 Å². The minimum Gasteiger partial charge on any atom is -0.465 e. The molecule has 0 aliphatic rings. The summed E-state index contributed by atoms with van der Waals surface area (Å²) in [5.74, 6) is -1.42. The topological polar surface area (TPSA) is 53.3 Å². The van der Waals surface area contributed by atoms with Gasteiger partial charge in [-0.1, -0.05) is 17.7 Å². The molecular weight excluding hydrogens is 325 g/mol. The van der Waals surface area contributed by atoms with E-state index in [9.17, 15) is 18.0 Å². The number of carbonyl (C=O) groups excluding carboxylic acids is 1. The number of esters is 1. The van der Waals surface area contributed by atoms with E-state index in [1.54, 1.807) is 12.1 Å². The molecule has 0 atom stereocenters. The van der Waals surface area contributed by atoms with Crippen molar-refractivity contribution in [2.24, 2.45) is 7.05 Å². The Hall–Kier alpha value is -2.22. The van der Waals surface area contributed by atoms with Crippen molar-refractivity contribution < 1.29 is 27.4 Å². The largest absolute Gasteiger partial charge is 0.465 e. The number of hydrogen-bond donors (Lipinski definition) is 0. The molecule has 0 unspecified atom stereocenters. The molecule has 0 amide bonds. The molecule has 0 radical (unpaired) electrons. The number of rotatable bonds is 3. The fourth-order valence-corrected chi connectivity index (χ4v) is 1.93. The Kier molecular flexibility index (Phi) is 4.32. The summed E-state index contributed by atoms with van der Waals surface area (Å²) >= 11 is 5.78. The van der Waals surface area contributed by atoms with Gasteiger partial charge in [-0.05, 0) is 18.2 Å². The summed E-state index contributed by atoms with van der Waals surface area (Å²) in [6.45, 7) is 0. The fraction of sp³-hybridized carbons (Fsp3) is 0.231. The summed E-state index contributed by atoms with van der Waals surface area (Å²) in [7, 11) is 2.19. The van der Waals surface area contributed by atoms with Gasteiger partial charge in [-0.3, -0.25) is 0 Å². The SMILES string of the molecule is COC(=O)c1c(C(F)(F)F)nn(C)c1Oc1cccc(Cl)c1. The summed E-state index contributed by atoms with van der Waals surface area (Å²) < 4.78 is 49.5. The van der Waals surface area contributed by atoms with Crippen molar-refractivity contribution in [2.45, 2.75) is 6.18 Å². The van der Waals surface area contributed by atoms with Crippen LogP contribution in [-0.4, -0.2) is 22.9 Å². The van der Waals surface area contributed by atoms with Crippen LogP contribution in [0.4, 0.5) is 13.2 Å². The quantitative estimate of drug-likeness (QED) is 0.804. The Balaban J connectivity index is 2.55. The molecular formula is C13H10ClF3N2O3. The molecule has 0 spiro atoms. The number of alkyl halides is 3. The molecule has 2 rings (SSSR count). The van der Waals surface area contributed by atoms with Gasteiger partial charge in [0.1, 0.15) is 5.75 Å². The van der Waals surface area contributed by atoms with Crippen LogP contribution in [-0.2, 0) is 18.0 Å². The third-order valence-corrected chi connectivity index (χ3v) is 2.90. The normalized spacial score (nSPS) is 11.4. The van der Waals surface area contributed by atoms with E-state index < -0.39 is 23.4 Å². The molecule has 0 bridgehead atoms. The van der Waals surface area contributed by atoms with Crippen molar-refractivity contribution >= 4 is 17.6 Å². The third-order valence-electron chi connectivity index (χ3n) is 2.66. The van der Waals surface area contributed by atoms with Gasteiger partial charge >= 0.3 is 12.1 Å². The molecule has 1 aromatic carbocycles. The first-order chi connectivity index (χ1) is 10.2. The summed E-state index contributed by atoms with van der Waals surface area (Å²) in [5, 5.41) is 3.63. The maximum atomic E-state index is 13.0. The molecule has 1 aromatic heterocycles. The maximum absolute atomic E-state index is 13.0. The number of ether oxygens (including phenoxy) is 2. The molecule has 0 fully saturated rings. The molecule has 0 N–H and O–H groups in total. The highest BCUT2D eigenvalue weighted by atomic mass is 35.5. The zero-order valence-electron chi connectivity index (χ0n) is 11.4. The number of hydrogen-bond acceptors (Lipinski definition) is 4. The number of aryl methyl sites for hydroxylation is 1. The zero-order valence-corrected chi connectivity index (χ0v) is 12.2. The summed E-state index contributed by atoms with van der Waals surface area (Å²) in [6.07, 6.45) is -4.82. The Bertz CT molecular complexity index is 713. The predicted molar refractivity (Wildman–Crippen MR) is 71.1 cm³/mol. The Morgan fingerprint density at radius 2 is 2.05 bits per heavy atom. The van der Waals surface area contributed by atoms with Crippen molar-refractivity contribution in [1.82, 2.24) is 9.78 Å². The highest BCUT2D eigenvalue weighted by Gasteiger charge is 2.42. The summed E-state index contributed by atoms with van der Waals surface area (Å²) in [4.78, 5) is 11.7. The van der Waals surface area contributed by atoms with Crippen LogP contribution >= 0.6 is 11.6 Å². The number of aromatic nitrogens is 2. The van der Waals surface area contributed by atoms with Crippen molar-refractivity contribution in [3.63, 3.8) is 0 Å². The van der Waals surface area contributed by atoms with E-state index in [4.69, 9.17) is 16.3 Å². The van der Waals surface area contributed by atoms with Crippen LogP contribution in [0.1, 0.15) is 16.1 Å². The Labute approximate surface area is 128 Å². The van der Waals surface area contributed by atoms with Crippen LogP contribution in [0.2, 0.25) is 5.02 Å². The second-order valence-corrected chi connectivity index (χ2v) is 4.64. The van der Waals surface area contributed by atoms with Gasteiger partial charge in [0, 0.05) is 12.1 Å². The van der Waals surface area contributed by atoms with Gasteiger partial charge in [0.25, 0.3) is 0 Å². The van der Waals surface area contributed by atoms with E-state index in [1.807, 2.05) is 0 Å². The van der Waals surface area contributed by atoms with Crippen LogP contribution in [0.15, 0.2) is 24.3 Å². The van der Waals surface area contributed by atoms with Gasteiger partial charge in [-0.15, -0.1) is 0 Å². The summed E-state index contributed by atoms with van der Waals surface area (Å²) in [6, 6.07) is 5.99. The molecule has 5 nitrogen and oxygen atoms in total. The van der Waals surface area contributed by atoms with Gasteiger partial charge in [-0.2, -0.15) is 18.3 Å². The number of carbonyl (C=O) groups is 1. The van der Waals surface area contributed by atoms with Crippen LogP contribution in [0, 0.1) is 0 Å². The monoisotopic (exact) mass is 334 g/mol. The van der Waals surface area contributed by atoms with Gasteiger partial charge in [0.05, 0.1) is 7.11 Å². The fourth-order valence-electron chi connectivity index (χ4n) is 1.75. The van der Waals surface area contributed by atoms with E-state index in [0.717, 1.165) is 11.8 Å². The minimum absolute atomic E-state index is 0.161. The maximum Gasteiger partial charge on any atom is 0.436 e. The first-order valence-electron chi connectivity index (χ1n) is 5.90. The number of halogens is 4. The number of nitrogens with zero attached hydrogens (tertiary/aromatic N) is 2. The average molecular weight is 335 g/mol. The molecule has 9 heteroatoms. The molecule has 22 heavy (non-hydrogen) atoms. The van der Waals surface area contributed by atoms with Crippen LogP contribution in [0.5, 0.6) is 11.6 Å². The van der Waals surface area contributed by atoms with Crippen LogP contribution < -0.4 is 4.74 Å². The van der Waals surface area contributed by atoms with Gasteiger partial charge in [-0.25, -0.2) is 9.48 Å². The molecule has 0 saturated carbocycles. The second-order valence-electron chi connectivity index (χ2n) is 4.20. The average Bonchev–Trinajstić information content (AvgIpc) is 2.75. The summed E-state index contributed by atoms with van der Waals surface area (Å²) in [5.41, 5.74) is -2.17. The number of benzene rings is 1. The van der Waals surface area contributed by atoms with Crippen molar-refractivity contribution in [3.8, 4) is 11.6 Å². The van der Waals surface area contributed by atoms with Crippen molar-refractivity contribution in [2.75, 3.05) is 7.11 Å². The van der Waals surface area contributed by atoms with E-state index in [1.165, 1.54) is 19.2 Å². The molecule has 118 valence electrons. The van der Waals surface area contributed by atoms with E-state index >= 15 is 0 Å². The van der Waals surface area contributed by atoms with E-state index in [2.05, 4.69) is 9.84 Å². The Morgan fingerprint density at radius 1 is 1.36 bits per heavy atom. The molecule has 2 aromatic rings. The van der Waals surface area contributed by atoms with Crippen molar-refractivity contribution in [3.05, 3.63) is 40.5 Å². The van der Waals surface area contributed by atoms with Crippen molar-refractivity contribution in [1.29, 1.82) is 0 Å². The lowest BCUT2D eigenvalue weighted by molar-refractivity contribution is -0.142. The third kappa shape index (κ3) is 3.16. The Morgan fingerprint density at radius 3 is 2.59 bits per heavy atom. The molecule has 0 saturated heterocycles. The van der Waals surface area contributed by atoms with Gasteiger partial charge < -0.3 is 9.47 Å². The van der Waals surface area contributed by atoms with Crippen LogP contribution in [0.25, 0.3) is 0 Å². The molecule has 0 aliphatic carbocycles. The van der Waals surface area contributed by atoms with Gasteiger partial charge in [0.15, 0.2) is 11.3 Å². The van der Waals surface area contributed by atoms with Crippen LogP contribution in [0.3, 0.4) is 0 Å². The first-order valence-corrected chi connectivity index (χ1v) is 6.27. The molecule has 0 aliphatic heterocycles. The second kappa shape index (κ2) is 5.88. The predicted octanol–water partition coefficient (Wildman–Crippen LogP) is 3.67. The lowest BCUT2D eigenvalue weighted by Crippen LogP contribution is -2.13. The number of methoxy groups -OCH3 is 1. The lowest BCUT2D eigenvalue weighted by atomic mass is 10.2. The zero-order chi connectivity index (χ0) is 16.5. The molecule has 1 heterocycles. The lowest BCUT2D eigenvalue weighted by Gasteiger charge is -2.09. The van der Waals surface area contributed by atoms with E-state index in [0.29, 0.717) is 5.02 Å². The highest BCUT2D eigenvalue weighted by Crippen LogP contribution is 2.37. The highest BCUT2D eigenvalue weighted by molar-refractivity contribution is 6.30. The minimum atomic E-state index is -4.82. The van der Waals surface area contributed by atoms with Gasteiger partial charge in [0.2, 0.25) is 5.88 Å².